The Hall–Kier alpha value is -1.39. The number of rotatable bonds is 1. The van der Waals surface area contributed by atoms with Crippen LogP contribution in [0, 0.1) is 11.8 Å². The highest BCUT2D eigenvalue weighted by Crippen LogP contribution is 2.40. The number of nitrogen functional groups attached to an aromatic ring is 1. The Morgan fingerprint density at radius 2 is 1.72 bits per heavy atom. The van der Waals surface area contributed by atoms with E-state index in [0.717, 1.165) is 6.07 Å². The van der Waals surface area contributed by atoms with Gasteiger partial charge < -0.3 is 10.6 Å². The zero-order chi connectivity index (χ0) is 13.5. The molecule has 1 saturated heterocycles. The van der Waals surface area contributed by atoms with E-state index in [1.807, 2.05) is 0 Å². The minimum Gasteiger partial charge on any atom is -0.399 e. The van der Waals surface area contributed by atoms with Crippen LogP contribution in [0.25, 0.3) is 0 Å². The van der Waals surface area contributed by atoms with Gasteiger partial charge in [-0.1, -0.05) is 13.8 Å². The van der Waals surface area contributed by atoms with Crippen molar-refractivity contribution >= 4 is 11.4 Å². The predicted octanol–water partition coefficient (Wildman–Crippen LogP) is 3.38. The molecule has 100 valence electrons. The number of alkyl halides is 3. The normalized spacial score (nSPS) is 24.6. The lowest BCUT2D eigenvalue weighted by Gasteiger charge is -2.23. The molecule has 2 unspecified atom stereocenters. The molecule has 0 amide bonds. The van der Waals surface area contributed by atoms with E-state index in [0.29, 0.717) is 24.9 Å². The van der Waals surface area contributed by atoms with E-state index in [1.165, 1.54) is 12.1 Å². The van der Waals surface area contributed by atoms with Gasteiger partial charge in [-0.15, -0.1) is 0 Å². The van der Waals surface area contributed by atoms with Crippen molar-refractivity contribution in [3.8, 4) is 0 Å². The first-order valence-electron chi connectivity index (χ1n) is 6.00. The van der Waals surface area contributed by atoms with Gasteiger partial charge in [0.2, 0.25) is 0 Å². The molecule has 5 heteroatoms. The van der Waals surface area contributed by atoms with Crippen LogP contribution in [0.2, 0.25) is 0 Å². The first-order valence-corrected chi connectivity index (χ1v) is 6.00. The number of hydrogen-bond acceptors (Lipinski definition) is 2. The number of nitrogens with two attached hydrogens (primary N) is 1. The van der Waals surface area contributed by atoms with E-state index in [-0.39, 0.29) is 11.4 Å². The van der Waals surface area contributed by atoms with Gasteiger partial charge in [0.15, 0.2) is 0 Å². The van der Waals surface area contributed by atoms with Crippen molar-refractivity contribution in [2.24, 2.45) is 11.8 Å². The molecule has 1 aromatic rings. The van der Waals surface area contributed by atoms with Crippen LogP contribution < -0.4 is 10.6 Å². The summed E-state index contributed by atoms with van der Waals surface area (Å²) in [5.41, 5.74) is 5.21. The van der Waals surface area contributed by atoms with Gasteiger partial charge in [0.05, 0.1) is 5.56 Å². The largest absolute Gasteiger partial charge is 0.418 e. The van der Waals surface area contributed by atoms with Gasteiger partial charge in [-0.3, -0.25) is 0 Å². The van der Waals surface area contributed by atoms with Crippen LogP contribution in [0.4, 0.5) is 24.5 Å². The molecule has 1 fully saturated rings. The average Bonchev–Trinajstić information content (AvgIpc) is 2.57. The number of halogens is 3. The van der Waals surface area contributed by atoms with E-state index in [4.69, 9.17) is 5.73 Å². The smallest absolute Gasteiger partial charge is 0.399 e. The summed E-state index contributed by atoms with van der Waals surface area (Å²) < 4.78 is 39.0. The summed E-state index contributed by atoms with van der Waals surface area (Å²) in [6, 6.07) is 4.02. The SMILES string of the molecule is CC1CN(c2ccc(N)cc2C(F)(F)F)CC1C. The van der Waals surface area contributed by atoms with Crippen molar-refractivity contribution in [1.82, 2.24) is 0 Å². The molecule has 0 radical (unpaired) electrons. The van der Waals surface area contributed by atoms with Crippen molar-refractivity contribution in [1.29, 1.82) is 0 Å². The van der Waals surface area contributed by atoms with Crippen LogP contribution in [-0.4, -0.2) is 13.1 Å². The molecule has 0 aliphatic carbocycles. The van der Waals surface area contributed by atoms with Crippen LogP contribution in [0.1, 0.15) is 19.4 Å². The molecule has 2 N–H and O–H groups in total. The third-order valence-corrected chi connectivity index (χ3v) is 3.65. The summed E-state index contributed by atoms with van der Waals surface area (Å²) in [5, 5.41) is 0. The molecule has 2 nitrogen and oxygen atoms in total. The molecule has 0 bridgehead atoms. The van der Waals surface area contributed by atoms with Crippen molar-refractivity contribution in [2.45, 2.75) is 20.0 Å². The van der Waals surface area contributed by atoms with E-state index < -0.39 is 11.7 Å². The summed E-state index contributed by atoms with van der Waals surface area (Å²) in [4.78, 5) is 1.80. The number of anilines is 2. The van der Waals surface area contributed by atoms with E-state index in [9.17, 15) is 13.2 Å². The highest BCUT2D eigenvalue weighted by molar-refractivity contribution is 5.61. The molecular formula is C13H17F3N2. The molecule has 2 atom stereocenters. The van der Waals surface area contributed by atoms with Crippen molar-refractivity contribution in [2.75, 3.05) is 23.7 Å². The first-order chi connectivity index (χ1) is 8.29. The van der Waals surface area contributed by atoms with Crippen molar-refractivity contribution < 1.29 is 13.2 Å². The predicted molar refractivity (Wildman–Crippen MR) is 66.4 cm³/mol. The Balaban J connectivity index is 2.39. The zero-order valence-corrected chi connectivity index (χ0v) is 10.5. The Morgan fingerprint density at radius 3 is 2.22 bits per heavy atom. The second-order valence-electron chi connectivity index (χ2n) is 5.13. The van der Waals surface area contributed by atoms with Crippen LogP contribution in [0.15, 0.2) is 18.2 Å². The summed E-state index contributed by atoms with van der Waals surface area (Å²) in [5.74, 6) is 0.812. The van der Waals surface area contributed by atoms with Crippen LogP contribution in [-0.2, 0) is 6.18 Å². The molecule has 1 aliphatic rings. The van der Waals surface area contributed by atoms with Gasteiger partial charge in [-0.05, 0) is 30.0 Å². The minimum absolute atomic E-state index is 0.145. The number of nitrogens with zero attached hydrogens (tertiary/aromatic N) is 1. The molecule has 1 heterocycles. The molecule has 1 aromatic carbocycles. The Bertz CT molecular complexity index is 432. The maximum atomic E-state index is 13.0. The molecule has 0 spiro atoms. The van der Waals surface area contributed by atoms with Gasteiger partial charge >= 0.3 is 6.18 Å². The summed E-state index contributed by atoms with van der Waals surface area (Å²) in [7, 11) is 0. The van der Waals surface area contributed by atoms with Gasteiger partial charge in [-0.25, -0.2) is 0 Å². The summed E-state index contributed by atoms with van der Waals surface area (Å²) in [6.07, 6.45) is -4.36. The lowest BCUT2D eigenvalue weighted by Crippen LogP contribution is -2.23. The molecular weight excluding hydrogens is 241 g/mol. The fraction of sp³-hybridized carbons (Fsp3) is 0.538. The maximum absolute atomic E-state index is 13.0. The quantitative estimate of drug-likeness (QED) is 0.782. The number of benzene rings is 1. The van der Waals surface area contributed by atoms with Crippen LogP contribution in [0.5, 0.6) is 0 Å². The highest BCUT2D eigenvalue weighted by Gasteiger charge is 2.37. The number of hydrogen-bond donors (Lipinski definition) is 1. The van der Waals surface area contributed by atoms with Gasteiger partial charge in [0.1, 0.15) is 0 Å². The standard InChI is InChI=1S/C13H17F3N2/c1-8-6-18(7-9(8)2)12-4-3-10(17)5-11(12)13(14,15)16/h3-5,8-9H,6-7,17H2,1-2H3. The molecule has 0 saturated carbocycles. The van der Waals surface area contributed by atoms with Crippen LogP contribution >= 0.6 is 0 Å². The van der Waals surface area contributed by atoms with E-state index in [2.05, 4.69) is 13.8 Å². The third kappa shape index (κ3) is 2.40. The van der Waals surface area contributed by atoms with Gasteiger partial charge in [0.25, 0.3) is 0 Å². The monoisotopic (exact) mass is 258 g/mol. The third-order valence-electron chi connectivity index (χ3n) is 3.65. The Morgan fingerprint density at radius 1 is 1.17 bits per heavy atom. The fourth-order valence-corrected chi connectivity index (χ4v) is 2.38. The van der Waals surface area contributed by atoms with Crippen LogP contribution in [0.3, 0.4) is 0 Å². The first kappa shape index (κ1) is 13.1. The van der Waals surface area contributed by atoms with E-state index in [1.54, 1.807) is 4.90 Å². The lowest BCUT2D eigenvalue weighted by atomic mass is 10.0. The van der Waals surface area contributed by atoms with Crippen molar-refractivity contribution in [3.05, 3.63) is 23.8 Å². The van der Waals surface area contributed by atoms with Gasteiger partial charge in [0, 0.05) is 24.5 Å². The average molecular weight is 258 g/mol. The fourth-order valence-electron chi connectivity index (χ4n) is 2.38. The lowest BCUT2D eigenvalue weighted by molar-refractivity contribution is -0.137. The Kier molecular flexibility index (Phi) is 3.17. The molecule has 1 aliphatic heterocycles. The van der Waals surface area contributed by atoms with E-state index >= 15 is 0 Å². The zero-order valence-electron chi connectivity index (χ0n) is 10.5. The second kappa shape index (κ2) is 4.37. The van der Waals surface area contributed by atoms with Gasteiger partial charge in [-0.2, -0.15) is 13.2 Å². The second-order valence-corrected chi connectivity index (χ2v) is 5.13. The minimum atomic E-state index is -4.36. The molecule has 2 rings (SSSR count). The Labute approximate surface area is 105 Å². The highest BCUT2D eigenvalue weighted by atomic mass is 19.4. The summed E-state index contributed by atoms with van der Waals surface area (Å²) >= 11 is 0. The summed E-state index contributed by atoms with van der Waals surface area (Å²) in [6.45, 7) is 5.45. The maximum Gasteiger partial charge on any atom is 0.418 e. The van der Waals surface area contributed by atoms with Crippen molar-refractivity contribution in [3.63, 3.8) is 0 Å². The topological polar surface area (TPSA) is 29.3 Å². The molecule has 18 heavy (non-hydrogen) atoms. The molecule has 0 aromatic heterocycles.